The maximum Gasteiger partial charge on any atom is 0.256 e. The number of amides is 1. The van der Waals surface area contributed by atoms with Crippen molar-refractivity contribution < 1.29 is 9.90 Å². The predicted molar refractivity (Wildman–Crippen MR) is 76.2 cm³/mol. The van der Waals surface area contributed by atoms with Gasteiger partial charge in [0.2, 0.25) is 0 Å². The number of benzene rings is 1. The van der Waals surface area contributed by atoms with E-state index in [0.29, 0.717) is 12.1 Å². The van der Waals surface area contributed by atoms with Gasteiger partial charge in [-0.1, -0.05) is 18.2 Å². The van der Waals surface area contributed by atoms with E-state index >= 15 is 0 Å². The summed E-state index contributed by atoms with van der Waals surface area (Å²) in [7, 11) is 1.94. The Bertz CT molecular complexity index is 587. The largest absolute Gasteiger partial charge is 0.395 e. The van der Waals surface area contributed by atoms with E-state index in [2.05, 4.69) is 0 Å². The number of aryl methyl sites for hydroxylation is 1. The van der Waals surface area contributed by atoms with Gasteiger partial charge in [-0.2, -0.15) is 0 Å². The summed E-state index contributed by atoms with van der Waals surface area (Å²) in [6, 6.07) is 7.92. The number of carbonyl (C=O) groups excluding carboxylic acids is 1. The highest BCUT2D eigenvalue weighted by Crippen LogP contribution is 2.22. The Morgan fingerprint density at radius 1 is 1.37 bits per heavy atom. The SMILES string of the molecule is CC(C)N(CCO)C(=O)c1cn(C)c2ccccc12. The lowest BCUT2D eigenvalue weighted by atomic mass is 10.1. The highest BCUT2D eigenvalue weighted by Gasteiger charge is 2.21. The number of aliphatic hydroxyl groups is 1. The molecule has 0 spiro atoms. The maximum atomic E-state index is 12.6. The Hall–Kier alpha value is -1.81. The fraction of sp³-hybridized carbons (Fsp3) is 0.400. The quantitative estimate of drug-likeness (QED) is 0.914. The van der Waals surface area contributed by atoms with Crippen molar-refractivity contribution in [2.75, 3.05) is 13.2 Å². The van der Waals surface area contributed by atoms with Crippen molar-refractivity contribution in [2.24, 2.45) is 7.05 Å². The minimum absolute atomic E-state index is 0.0192. The van der Waals surface area contributed by atoms with Gasteiger partial charge in [-0.05, 0) is 19.9 Å². The molecule has 0 atom stereocenters. The first-order valence-corrected chi connectivity index (χ1v) is 6.52. The summed E-state index contributed by atoms with van der Waals surface area (Å²) in [6.45, 7) is 4.26. The van der Waals surface area contributed by atoms with E-state index in [0.717, 1.165) is 10.9 Å². The molecule has 0 aliphatic rings. The summed E-state index contributed by atoms with van der Waals surface area (Å²) in [4.78, 5) is 14.3. The summed E-state index contributed by atoms with van der Waals surface area (Å²) >= 11 is 0. The van der Waals surface area contributed by atoms with E-state index in [4.69, 9.17) is 5.11 Å². The van der Waals surface area contributed by atoms with Crippen molar-refractivity contribution in [3.63, 3.8) is 0 Å². The number of fused-ring (bicyclic) bond motifs is 1. The van der Waals surface area contributed by atoms with Gasteiger partial charge in [0.1, 0.15) is 0 Å². The topological polar surface area (TPSA) is 45.5 Å². The molecule has 2 aromatic rings. The molecule has 1 N–H and O–H groups in total. The van der Waals surface area contributed by atoms with Crippen LogP contribution in [0.2, 0.25) is 0 Å². The van der Waals surface area contributed by atoms with Crippen molar-refractivity contribution in [3.05, 3.63) is 36.0 Å². The number of para-hydroxylation sites is 1. The van der Waals surface area contributed by atoms with Crippen LogP contribution in [0.3, 0.4) is 0 Å². The van der Waals surface area contributed by atoms with Gasteiger partial charge >= 0.3 is 0 Å². The zero-order valence-corrected chi connectivity index (χ0v) is 11.6. The van der Waals surface area contributed by atoms with Crippen molar-refractivity contribution in [2.45, 2.75) is 19.9 Å². The van der Waals surface area contributed by atoms with Gasteiger partial charge in [-0.25, -0.2) is 0 Å². The number of hydrogen-bond acceptors (Lipinski definition) is 2. The number of nitrogens with zero attached hydrogens (tertiary/aromatic N) is 2. The zero-order chi connectivity index (χ0) is 14.0. The second-order valence-electron chi connectivity index (χ2n) is 4.99. The summed E-state index contributed by atoms with van der Waals surface area (Å²) < 4.78 is 1.96. The van der Waals surface area contributed by atoms with Crippen molar-refractivity contribution in [3.8, 4) is 0 Å². The summed E-state index contributed by atoms with van der Waals surface area (Å²) in [5.41, 5.74) is 1.74. The van der Waals surface area contributed by atoms with Crippen LogP contribution in [0.15, 0.2) is 30.5 Å². The van der Waals surface area contributed by atoms with Crippen LogP contribution >= 0.6 is 0 Å². The van der Waals surface area contributed by atoms with E-state index in [1.807, 2.05) is 55.9 Å². The van der Waals surface area contributed by atoms with Gasteiger partial charge < -0.3 is 14.6 Å². The third-order valence-electron chi connectivity index (χ3n) is 3.35. The molecule has 0 unspecified atom stereocenters. The van der Waals surface area contributed by atoms with E-state index in [1.165, 1.54) is 0 Å². The first-order chi connectivity index (χ1) is 9.06. The van der Waals surface area contributed by atoms with Crippen LogP contribution in [-0.4, -0.2) is 39.7 Å². The summed E-state index contributed by atoms with van der Waals surface area (Å²) in [5, 5.41) is 10.1. The smallest absolute Gasteiger partial charge is 0.256 e. The van der Waals surface area contributed by atoms with Gasteiger partial charge in [-0.15, -0.1) is 0 Å². The fourth-order valence-electron chi connectivity index (χ4n) is 2.37. The molecule has 0 aliphatic carbocycles. The Balaban J connectivity index is 2.46. The Morgan fingerprint density at radius 3 is 2.68 bits per heavy atom. The molecule has 19 heavy (non-hydrogen) atoms. The number of rotatable bonds is 4. The molecule has 1 heterocycles. The highest BCUT2D eigenvalue weighted by molar-refractivity contribution is 6.07. The van der Waals surface area contributed by atoms with Crippen LogP contribution < -0.4 is 0 Å². The lowest BCUT2D eigenvalue weighted by Crippen LogP contribution is -2.38. The second-order valence-corrected chi connectivity index (χ2v) is 4.99. The highest BCUT2D eigenvalue weighted by atomic mass is 16.3. The molecule has 0 aliphatic heterocycles. The monoisotopic (exact) mass is 260 g/mol. The number of carbonyl (C=O) groups is 1. The van der Waals surface area contributed by atoms with Crippen LogP contribution in [0.4, 0.5) is 0 Å². The van der Waals surface area contributed by atoms with Crippen molar-refractivity contribution in [1.29, 1.82) is 0 Å². The molecular weight excluding hydrogens is 240 g/mol. The molecule has 102 valence electrons. The van der Waals surface area contributed by atoms with Crippen LogP contribution in [0.5, 0.6) is 0 Å². The Labute approximate surface area is 113 Å². The molecule has 4 heteroatoms. The van der Waals surface area contributed by atoms with Gasteiger partial charge in [-0.3, -0.25) is 4.79 Å². The van der Waals surface area contributed by atoms with Gasteiger partial charge in [0.25, 0.3) is 5.91 Å². The molecule has 0 fully saturated rings. The van der Waals surface area contributed by atoms with Crippen LogP contribution in [0, 0.1) is 0 Å². The molecule has 0 bridgehead atoms. The normalized spacial score (nSPS) is 11.2. The molecule has 1 aromatic carbocycles. The molecule has 1 amide bonds. The van der Waals surface area contributed by atoms with Crippen LogP contribution in [-0.2, 0) is 7.05 Å². The van der Waals surface area contributed by atoms with Gasteiger partial charge in [0.05, 0.1) is 12.2 Å². The summed E-state index contributed by atoms with van der Waals surface area (Å²) in [5.74, 6) is -0.0270. The lowest BCUT2D eigenvalue weighted by molar-refractivity contribution is 0.0667. The van der Waals surface area contributed by atoms with Crippen LogP contribution in [0.1, 0.15) is 24.2 Å². The van der Waals surface area contributed by atoms with E-state index in [1.54, 1.807) is 4.90 Å². The van der Waals surface area contributed by atoms with Crippen LogP contribution in [0.25, 0.3) is 10.9 Å². The molecular formula is C15H20N2O2. The summed E-state index contributed by atoms with van der Waals surface area (Å²) in [6.07, 6.45) is 1.86. The molecule has 1 aromatic heterocycles. The molecule has 0 saturated carbocycles. The number of aromatic nitrogens is 1. The van der Waals surface area contributed by atoms with Crippen molar-refractivity contribution >= 4 is 16.8 Å². The van der Waals surface area contributed by atoms with Crippen molar-refractivity contribution in [1.82, 2.24) is 9.47 Å². The number of hydrogen-bond donors (Lipinski definition) is 1. The van der Waals surface area contributed by atoms with E-state index < -0.39 is 0 Å². The number of aliphatic hydroxyl groups excluding tert-OH is 1. The average molecular weight is 260 g/mol. The first-order valence-electron chi connectivity index (χ1n) is 6.52. The molecule has 4 nitrogen and oxygen atoms in total. The average Bonchev–Trinajstić information content (AvgIpc) is 2.73. The third-order valence-corrected chi connectivity index (χ3v) is 3.35. The second kappa shape index (κ2) is 5.45. The standard InChI is InChI=1S/C15H20N2O2/c1-11(2)17(8-9-18)15(19)13-10-16(3)14-7-5-4-6-12(13)14/h4-7,10-11,18H,8-9H2,1-3H3. The minimum atomic E-state index is -0.0270. The van der Waals surface area contributed by atoms with Gasteiger partial charge in [0, 0.05) is 36.7 Å². The molecule has 2 rings (SSSR count). The van der Waals surface area contributed by atoms with Gasteiger partial charge in [0.15, 0.2) is 0 Å². The maximum absolute atomic E-state index is 12.6. The van der Waals surface area contributed by atoms with E-state index in [9.17, 15) is 4.79 Å². The fourth-order valence-corrected chi connectivity index (χ4v) is 2.37. The molecule has 0 radical (unpaired) electrons. The van der Waals surface area contributed by atoms with E-state index in [-0.39, 0.29) is 18.6 Å². The minimum Gasteiger partial charge on any atom is -0.395 e. The lowest BCUT2D eigenvalue weighted by Gasteiger charge is -2.25. The Morgan fingerprint density at radius 2 is 2.05 bits per heavy atom. The third kappa shape index (κ3) is 2.49. The molecule has 0 saturated heterocycles. The Kier molecular flexibility index (Phi) is 3.90. The first kappa shape index (κ1) is 13.6. The predicted octanol–water partition coefficient (Wildman–Crippen LogP) is 2.02. The zero-order valence-electron chi connectivity index (χ0n) is 11.6.